The van der Waals surface area contributed by atoms with Gasteiger partial charge in [0, 0.05) is 18.0 Å². The van der Waals surface area contributed by atoms with Crippen LogP contribution >= 0.6 is 0 Å². The van der Waals surface area contributed by atoms with Crippen LogP contribution in [0.25, 0.3) is 0 Å². The van der Waals surface area contributed by atoms with Crippen LogP contribution in [0, 0.1) is 0 Å². The van der Waals surface area contributed by atoms with Crippen LogP contribution in [-0.2, 0) is 9.47 Å². The monoisotopic (exact) mass is 236 g/mol. The number of nitrogens with two attached hydrogens (primary N) is 1. The van der Waals surface area contributed by atoms with Crippen LogP contribution in [0.2, 0.25) is 0 Å². The van der Waals surface area contributed by atoms with Gasteiger partial charge >= 0.3 is 5.97 Å². The smallest absolute Gasteiger partial charge is 0.340 e. The predicted octanol–water partition coefficient (Wildman–Crippen LogP) is 1.26. The number of ether oxygens (including phenoxy) is 2. The lowest BCUT2D eigenvalue weighted by Gasteiger charge is -2.15. The number of hydrogen-bond acceptors (Lipinski definition) is 5. The second-order valence-corrected chi connectivity index (χ2v) is 4.00. The van der Waals surface area contributed by atoms with E-state index >= 15 is 0 Å². The molecule has 0 radical (unpaired) electrons. The number of rotatable bonds is 3. The number of nitrogen functional groups attached to an aromatic ring is 1. The van der Waals surface area contributed by atoms with Crippen molar-refractivity contribution in [2.75, 3.05) is 31.4 Å². The van der Waals surface area contributed by atoms with Crippen LogP contribution in [0.4, 0.5) is 11.4 Å². The van der Waals surface area contributed by atoms with Crippen molar-refractivity contribution in [3.63, 3.8) is 0 Å². The van der Waals surface area contributed by atoms with Gasteiger partial charge in [-0.05, 0) is 24.6 Å². The van der Waals surface area contributed by atoms with Crippen molar-refractivity contribution >= 4 is 17.3 Å². The van der Waals surface area contributed by atoms with Crippen molar-refractivity contribution in [2.45, 2.75) is 12.5 Å². The molecule has 5 nitrogen and oxygen atoms in total. The molecule has 92 valence electrons. The Balaban J connectivity index is 2.22. The Hall–Kier alpha value is -1.75. The number of benzene rings is 1. The number of anilines is 2. The molecule has 17 heavy (non-hydrogen) atoms. The first kappa shape index (κ1) is 11.7. The fourth-order valence-electron chi connectivity index (χ4n) is 1.83. The summed E-state index contributed by atoms with van der Waals surface area (Å²) < 4.78 is 10.0. The van der Waals surface area contributed by atoms with Crippen molar-refractivity contribution in [2.24, 2.45) is 0 Å². The van der Waals surface area contributed by atoms with Gasteiger partial charge in [-0.25, -0.2) is 4.79 Å². The van der Waals surface area contributed by atoms with Gasteiger partial charge in [-0.15, -0.1) is 0 Å². The molecule has 0 aliphatic carbocycles. The SMILES string of the molecule is COC(=O)c1cc(N)ccc1NC1CCOC1. The summed E-state index contributed by atoms with van der Waals surface area (Å²) in [5.41, 5.74) is 7.40. The lowest BCUT2D eigenvalue weighted by Crippen LogP contribution is -2.21. The molecule has 1 aliphatic heterocycles. The van der Waals surface area contributed by atoms with Gasteiger partial charge in [0.25, 0.3) is 0 Å². The lowest BCUT2D eigenvalue weighted by atomic mass is 10.1. The van der Waals surface area contributed by atoms with Crippen LogP contribution in [0.1, 0.15) is 16.8 Å². The Labute approximate surface area is 99.9 Å². The second kappa shape index (κ2) is 5.05. The zero-order valence-electron chi connectivity index (χ0n) is 9.73. The number of methoxy groups -OCH3 is 1. The van der Waals surface area contributed by atoms with Gasteiger partial charge in [0.2, 0.25) is 0 Å². The first-order valence-electron chi connectivity index (χ1n) is 5.53. The maximum absolute atomic E-state index is 11.6. The molecule has 0 bridgehead atoms. The number of carbonyl (C=O) groups is 1. The van der Waals surface area contributed by atoms with Gasteiger partial charge in [0.05, 0.1) is 25.3 Å². The van der Waals surface area contributed by atoms with E-state index in [2.05, 4.69) is 5.32 Å². The van der Waals surface area contributed by atoms with Crippen LogP contribution < -0.4 is 11.1 Å². The van der Waals surface area contributed by atoms with E-state index in [1.165, 1.54) is 7.11 Å². The normalized spacial score (nSPS) is 19.0. The molecule has 0 spiro atoms. The first-order chi connectivity index (χ1) is 8.20. The summed E-state index contributed by atoms with van der Waals surface area (Å²) in [6, 6.07) is 5.40. The molecule has 2 rings (SSSR count). The molecule has 1 aromatic carbocycles. The summed E-state index contributed by atoms with van der Waals surface area (Å²) >= 11 is 0. The molecule has 1 saturated heterocycles. The zero-order valence-corrected chi connectivity index (χ0v) is 9.73. The molecule has 1 aromatic rings. The third kappa shape index (κ3) is 2.68. The fourth-order valence-corrected chi connectivity index (χ4v) is 1.83. The highest BCUT2D eigenvalue weighted by Crippen LogP contribution is 2.22. The molecule has 1 atom stereocenters. The molecule has 0 saturated carbocycles. The summed E-state index contributed by atoms with van der Waals surface area (Å²) in [5.74, 6) is -0.390. The molecule has 5 heteroatoms. The molecule has 1 aliphatic rings. The van der Waals surface area contributed by atoms with Crippen molar-refractivity contribution in [1.82, 2.24) is 0 Å². The Bertz CT molecular complexity index is 414. The Morgan fingerprint density at radius 1 is 1.59 bits per heavy atom. The Morgan fingerprint density at radius 2 is 2.41 bits per heavy atom. The van der Waals surface area contributed by atoms with Crippen molar-refractivity contribution in [3.8, 4) is 0 Å². The van der Waals surface area contributed by atoms with E-state index in [9.17, 15) is 4.79 Å². The summed E-state index contributed by atoms with van der Waals surface area (Å²) in [6.07, 6.45) is 0.936. The predicted molar refractivity (Wildman–Crippen MR) is 65.0 cm³/mol. The molecule has 0 amide bonds. The highest BCUT2D eigenvalue weighted by atomic mass is 16.5. The molecular weight excluding hydrogens is 220 g/mol. The second-order valence-electron chi connectivity index (χ2n) is 4.00. The molecule has 0 aromatic heterocycles. The van der Waals surface area contributed by atoms with Crippen LogP contribution in [-0.4, -0.2) is 32.3 Å². The first-order valence-corrected chi connectivity index (χ1v) is 5.53. The fraction of sp³-hybridized carbons (Fsp3) is 0.417. The minimum absolute atomic E-state index is 0.238. The van der Waals surface area contributed by atoms with Gasteiger partial charge in [-0.1, -0.05) is 0 Å². The molecule has 1 unspecified atom stereocenters. The van der Waals surface area contributed by atoms with Crippen LogP contribution in [0.3, 0.4) is 0 Å². The van der Waals surface area contributed by atoms with E-state index in [0.29, 0.717) is 17.9 Å². The average molecular weight is 236 g/mol. The zero-order chi connectivity index (χ0) is 12.3. The maximum atomic E-state index is 11.6. The third-order valence-corrected chi connectivity index (χ3v) is 2.74. The van der Waals surface area contributed by atoms with E-state index in [4.69, 9.17) is 15.2 Å². The number of hydrogen-bond donors (Lipinski definition) is 2. The van der Waals surface area contributed by atoms with Gasteiger partial charge in [0.1, 0.15) is 0 Å². The van der Waals surface area contributed by atoms with E-state index in [0.717, 1.165) is 18.7 Å². The molecule has 3 N–H and O–H groups in total. The van der Waals surface area contributed by atoms with Gasteiger partial charge in [-0.3, -0.25) is 0 Å². The van der Waals surface area contributed by atoms with Gasteiger partial charge in [-0.2, -0.15) is 0 Å². The number of carbonyl (C=O) groups excluding carboxylic acids is 1. The standard InChI is InChI=1S/C12H16N2O3/c1-16-12(15)10-6-8(13)2-3-11(10)14-9-4-5-17-7-9/h2-3,6,9,14H,4-5,7,13H2,1H3. The van der Waals surface area contributed by atoms with Crippen LogP contribution in [0.15, 0.2) is 18.2 Å². The topological polar surface area (TPSA) is 73.6 Å². The molecular formula is C12H16N2O3. The van der Waals surface area contributed by atoms with Crippen molar-refractivity contribution < 1.29 is 14.3 Å². The Morgan fingerprint density at radius 3 is 3.06 bits per heavy atom. The summed E-state index contributed by atoms with van der Waals surface area (Å²) in [5, 5.41) is 3.27. The highest BCUT2D eigenvalue weighted by Gasteiger charge is 2.19. The van der Waals surface area contributed by atoms with Crippen molar-refractivity contribution in [1.29, 1.82) is 0 Å². The quantitative estimate of drug-likeness (QED) is 0.610. The largest absolute Gasteiger partial charge is 0.465 e. The molecule has 1 fully saturated rings. The van der Waals surface area contributed by atoms with E-state index in [1.807, 2.05) is 0 Å². The average Bonchev–Trinajstić information content (AvgIpc) is 2.83. The van der Waals surface area contributed by atoms with E-state index < -0.39 is 5.97 Å². The summed E-state index contributed by atoms with van der Waals surface area (Å²) in [4.78, 5) is 11.6. The highest BCUT2D eigenvalue weighted by molar-refractivity contribution is 5.96. The van der Waals surface area contributed by atoms with E-state index in [1.54, 1.807) is 18.2 Å². The van der Waals surface area contributed by atoms with Crippen molar-refractivity contribution in [3.05, 3.63) is 23.8 Å². The van der Waals surface area contributed by atoms with Gasteiger partial charge in [0.15, 0.2) is 0 Å². The summed E-state index contributed by atoms with van der Waals surface area (Å²) in [7, 11) is 1.36. The summed E-state index contributed by atoms with van der Waals surface area (Å²) in [6.45, 7) is 1.41. The molecule has 1 heterocycles. The number of esters is 1. The number of nitrogens with one attached hydrogen (secondary N) is 1. The third-order valence-electron chi connectivity index (χ3n) is 2.74. The Kier molecular flexibility index (Phi) is 3.49. The van der Waals surface area contributed by atoms with E-state index in [-0.39, 0.29) is 6.04 Å². The maximum Gasteiger partial charge on any atom is 0.340 e. The minimum Gasteiger partial charge on any atom is -0.465 e. The van der Waals surface area contributed by atoms with Gasteiger partial charge < -0.3 is 20.5 Å². The minimum atomic E-state index is -0.390. The lowest BCUT2D eigenvalue weighted by molar-refractivity contribution is 0.0602. The van der Waals surface area contributed by atoms with Crippen LogP contribution in [0.5, 0.6) is 0 Å².